The zero-order valence-corrected chi connectivity index (χ0v) is 21.6. The number of ether oxygens (including phenoxy) is 3. The van der Waals surface area contributed by atoms with Gasteiger partial charge in [0, 0.05) is 32.1 Å². The van der Waals surface area contributed by atoms with Crippen LogP contribution < -0.4 is 20.5 Å². The van der Waals surface area contributed by atoms with Gasteiger partial charge < -0.3 is 25.3 Å². The third-order valence-corrected chi connectivity index (χ3v) is 7.13. The standard InChI is InChI=1S/C26H38N4O5/c1-25(2)14-21(31)30(24(27)29-25)18(10-11-33-5)15-12-16(15)23(32)28-17-13-26(3,4)35-20-9-7-8-19(34-6)22(17)20/h7-9,15-18H,10-14H2,1-6H3,(H2,27,29)(H,28,32)/t15-,16-,17+,18+/m0/s1. The number of carbonyl (C=O) groups excluding carboxylic acids is 2. The third kappa shape index (κ3) is 5.24. The van der Waals surface area contributed by atoms with Crippen molar-refractivity contribution in [2.45, 2.75) is 76.6 Å². The summed E-state index contributed by atoms with van der Waals surface area (Å²) in [6.07, 6.45) is 2.19. The molecule has 4 atom stereocenters. The fourth-order valence-corrected chi connectivity index (χ4v) is 5.53. The number of guanidine groups is 1. The summed E-state index contributed by atoms with van der Waals surface area (Å²) in [6.45, 7) is 8.29. The molecule has 0 radical (unpaired) electrons. The Morgan fingerprint density at radius 1 is 1.31 bits per heavy atom. The molecule has 1 aromatic carbocycles. The molecule has 0 aromatic heterocycles. The van der Waals surface area contributed by atoms with E-state index in [9.17, 15) is 9.59 Å². The first-order chi connectivity index (χ1) is 16.5. The van der Waals surface area contributed by atoms with Gasteiger partial charge >= 0.3 is 0 Å². The Morgan fingerprint density at radius 2 is 2.06 bits per heavy atom. The predicted molar refractivity (Wildman–Crippen MR) is 132 cm³/mol. The highest BCUT2D eigenvalue weighted by Crippen LogP contribution is 2.48. The van der Waals surface area contributed by atoms with E-state index in [4.69, 9.17) is 19.9 Å². The van der Waals surface area contributed by atoms with Crippen molar-refractivity contribution in [3.05, 3.63) is 23.8 Å². The molecule has 1 saturated carbocycles. The van der Waals surface area contributed by atoms with Gasteiger partial charge in [-0.1, -0.05) is 6.07 Å². The van der Waals surface area contributed by atoms with E-state index in [0.29, 0.717) is 31.6 Å². The number of nitrogens with zero attached hydrogens (tertiary/aromatic N) is 2. The summed E-state index contributed by atoms with van der Waals surface area (Å²) in [4.78, 5) is 32.6. The summed E-state index contributed by atoms with van der Waals surface area (Å²) in [7, 11) is 3.25. The number of carbonyl (C=O) groups is 2. The number of rotatable bonds is 8. The van der Waals surface area contributed by atoms with Crippen molar-refractivity contribution in [3.8, 4) is 11.5 Å². The summed E-state index contributed by atoms with van der Waals surface area (Å²) in [5, 5.41) is 3.25. The van der Waals surface area contributed by atoms with Crippen molar-refractivity contribution in [3.63, 3.8) is 0 Å². The molecule has 0 saturated heterocycles. The summed E-state index contributed by atoms with van der Waals surface area (Å²) in [5.74, 6) is 1.34. The van der Waals surface area contributed by atoms with Gasteiger partial charge in [-0.25, -0.2) is 4.99 Å². The van der Waals surface area contributed by atoms with Crippen LogP contribution in [0.3, 0.4) is 0 Å². The Balaban J connectivity index is 1.53. The second-order valence-electron chi connectivity index (χ2n) is 11.1. The zero-order chi connectivity index (χ0) is 25.5. The number of fused-ring (bicyclic) bond motifs is 1. The van der Waals surface area contributed by atoms with Crippen molar-refractivity contribution >= 4 is 17.8 Å². The maximum absolute atomic E-state index is 13.4. The fourth-order valence-electron chi connectivity index (χ4n) is 5.53. The van der Waals surface area contributed by atoms with Crippen LogP contribution in [0.4, 0.5) is 0 Å². The van der Waals surface area contributed by atoms with Crippen molar-refractivity contribution in [2.24, 2.45) is 22.6 Å². The van der Waals surface area contributed by atoms with Crippen LogP contribution in [0.2, 0.25) is 0 Å². The Morgan fingerprint density at radius 3 is 2.71 bits per heavy atom. The molecule has 192 valence electrons. The van der Waals surface area contributed by atoms with Gasteiger partial charge in [-0.3, -0.25) is 14.5 Å². The summed E-state index contributed by atoms with van der Waals surface area (Å²) in [6, 6.07) is 5.21. The first-order valence-corrected chi connectivity index (χ1v) is 12.3. The van der Waals surface area contributed by atoms with Gasteiger partial charge in [0.25, 0.3) is 0 Å². The molecule has 9 nitrogen and oxygen atoms in total. The lowest BCUT2D eigenvalue weighted by molar-refractivity contribution is -0.132. The molecule has 2 aliphatic heterocycles. The van der Waals surface area contributed by atoms with Crippen molar-refractivity contribution in [1.82, 2.24) is 10.2 Å². The molecule has 1 aliphatic carbocycles. The molecule has 9 heteroatoms. The predicted octanol–water partition coefficient (Wildman–Crippen LogP) is 2.78. The molecule has 2 heterocycles. The lowest BCUT2D eigenvalue weighted by Gasteiger charge is -2.39. The molecule has 3 N–H and O–H groups in total. The largest absolute Gasteiger partial charge is 0.496 e. The first kappa shape index (κ1) is 25.3. The topological polar surface area (TPSA) is 115 Å². The van der Waals surface area contributed by atoms with Crippen molar-refractivity contribution in [2.75, 3.05) is 20.8 Å². The molecule has 1 aromatic rings. The maximum Gasteiger partial charge on any atom is 0.231 e. The van der Waals surface area contributed by atoms with Gasteiger partial charge in [0.2, 0.25) is 11.8 Å². The molecule has 4 rings (SSSR count). The third-order valence-electron chi connectivity index (χ3n) is 7.13. The Labute approximate surface area is 207 Å². The highest BCUT2D eigenvalue weighted by atomic mass is 16.5. The monoisotopic (exact) mass is 486 g/mol. The molecular weight excluding hydrogens is 448 g/mol. The number of hydrogen-bond donors (Lipinski definition) is 2. The van der Waals surface area contributed by atoms with Gasteiger partial charge in [0.15, 0.2) is 5.96 Å². The minimum Gasteiger partial charge on any atom is -0.496 e. The minimum absolute atomic E-state index is 0.00551. The van der Waals surface area contributed by atoms with Crippen molar-refractivity contribution < 1.29 is 23.8 Å². The van der Waals surface area contributed by atoms with Crippen LogP contribution in [0.5, 0.6) is 11.5 Å². The Kier molecular flexibility index (Phi) is 6.74. The van der Waals surface area contributed by atoms with E-state index < -0.39 is 11.1 Å². The molecule has 0 spiro atoms. The van der Waals surface area contributed by atoms with Crippen LogP contribution in [0, 0.1) is 11.8 Å². The fraction of sp³-hybridized carbons (Fsp3) is 0.654. The van der Waals surface area contributed by atoms with E-state index in [-0.39, 0.29) is 48.1 Å². The summed E-state index contributed by atoms with van der Waals surface area (Å²) in [5.41, 5.74) is 6.16. The number of hydrogen-bond acceptors (Lipinski definition) is 7. The van der Waals surface area contributed by atoms with E-state index in [2.05, 4.69) is 10.3 Å². The van der Waals surface area contributed by atoms with Crippen LogP contribution in [0.25, 0.3) is 0 Å². The SMILES string of the molecule is COCC[C@H]([C@H]1C[C@@H]1C(=O)N[C@@H]1CC(C)(C)Oc2cccc(OC)c21)N1C(=O)CC(C)(C)N=C1N. The van der Waals surface area contributed by atoms with Gasteiger partial charge in [-0.05, 0) is 58.6 Å². The average molecular weight is 487 g/mol. The van der Waals surface area contributed by atoms with Gasteiger partial charge in [-0.15, -0.1) is 0 Å². The second kappa shape index (κ2) is 9.33. The van der Waals surface area contributed by atoms with Gasteiger partial charge in [0.1, 0.15) is 17.1 Å². The van der Waals surface area contributed by atoms with Crippen LogP contribution in [0.15, 0.2) is 23.2 Å². The normalized spacial score (nSPS) is 27.3. The molecule has 2 amide bonds. The first-order valence-electron chi connectivity index (χ1n) is 12.3. The highest BCUT2D eigenvalue weighted by molar-refractivity contribution is 5.99. The number of benzene rings is 1. The number of nitrogens with two attached hydrogens (primary N) is 1. The minimum atomic E-state index is -0.522. The van der Waals surface area contributed by atoms with E-state index >= 15 is 0 Å². The quantitative estimate of drug-likeness (QED) is 0.584. The van der Waals surface area contributed by atoms with E-state index in [1.54, 1.807) is 19.1 Å². The number of amides is 2. The summed E-state index contributed by atoms with van der Waals surface area (Å²) < 4.78 is 17.0. The van der Waals surface area contributed by atoms with E-state index in [1.165, 1.54) is 0 Å². The van der Waals surface area contributed by atoms with Gasteiger partial charge in [-0.2, -0.15) is 0 Å². The lowest BCUT2D eigenvalue weighted by atomic mass is 9.89. The van der Waals surface area contributed by atoms with E-state index in [1.807, 2.05) is 45.9 Å². The Bertz CT molecular complexity index is 1020. The zero-order valence-electron chi connectivity index (χ0n) is 21.6. The maximum atomic E-state index is 13.4. The molecule has 0 unspecified atom stereocenters. The van der Waals surface area contributed by atoms with Crippen LogP contribution in [-0.4, -0.2) is 60.7 Å². The molecular formula is C26H38N4O5. The van der Waals surface area contributed by atoms with Crippen LogP contribution >= 0.6 is 0 Å². The highest BCUT2D eigenvalue weighted by Gasteiger charge is 2.52. The molecule has 1 fully saturated rings. The van der Waals surface area contributed by atoms with Crippen LogP contribution in [0.1, 0.15) is 65.0 Å². The molecule has 0 bridgehead atoms. The number of aliphatic imine (C=N–C) groups is 1. The van der Waals surface area contributed by atoms with E-state index in [0.717, 1.165) is 11.3 Å². The second-order valence-corrected chi connectivity index (χ2v) is 11.1. The number of nitrogens with one attached hydrogen (secondary N) is 1. The summed E-state index contributed by atoms with van der Waals surface area (Å²) >= 11 is 0. The Hall–Kier alpha value is -2.81. The van der Waals surface area contributed by atoms with Crippen molar-refractivity contribution in [1.29, 1.82) is 0 Å². The molecule has 3 aliphatic rings. The van der Waals surface area contributed by atoms with Crippen LogP contribution in [-0.2, 0) is 14.3 Å². The van der Waals surface area contributed by atoms with Gasteiger partial charge in [0.05, 0.1) is 30.7 Å². The average Bonchev–Trinajstić information content (AvgIpc) is 3.54. The molecule has 35 heavy (non-hydrogen) atoms. The number of methoxy groups -OCH3 is 2. The lowest BCUT2D eigenvalue weighted by Crippen LogP contribution is -2.55. The smallest absolute Gasteiger partial charge is 0.231 e.